The first kappa shape index (κ1) is 14.0. The number of nitrogens with zero attached hydrogens (tertiary/aromatic N) is 1. The van der Waals surface area contributed by atoms with Gasteiger partial charge in [0.25, 0.3) is 0 Å². The highest BCUT2D eigenvalue weighted by Crippen LogP contribution is 2.17. The molecule has 2 rings (SSSR count). The van der Waals surface area contributed by atoms with E-state index >= 15 is 0 Å². The summed E-state index contributed by atoms with van der Waals surface area (Å²) in [5, 5.41) is 3.62. The summed E-state index contributed by atoms with van der Waals surface area (Å²) >= 11 is 0. The minimum absolute atomic E-state index is 0.182. The minimum atomic E-state index is -0.182. The molecule has 1 aliphatic rings. The summed E-state index contributed by atoms with van der Waals surface area (Å²) < 4.78 is 12.9. The zero-order valence-corrected chi connectivity index (χ0v) is 11.4. The standard InChI is InChI=1S/C16H21FN2/c1-3-10-19-11-8-16(9-12-19)18-13(2)14-4-6-15(17)7-5-14/h1,4-7,13,16,18H,8-12H2,2H3/t13-/m0/s1. The van der Waals surface area contributed by atoms with Crippen LogP contribution in [0.3, 0.4) is 0 Å². The van der Waals surface area contributed by atoms with E-state index in [4.69, 9.17) is 6.42 Å². The van der Waals surface area contributed by atoms with E-state index in [2.05, 4.69) is 23.1 Å². The fraction of sp³-hybridized carbons (Fsp3) is 0.500. The molecule has 19 heavy (non-hydrogen) atoms. The molecular weight excluding hydrogens is 239 g/mol. The maximum absolute atomic E-state index is 12.9. The molecule has 1 atom stereocenters. The Morgan fingerprint density at radius 1 is 1.37 bits per heavy atom. The Morgan fingerprint density at radius 3 is 2.58 bits per heavy atom. The third-order valence-corrected chi connectivity index (χ3v) is 3.76. The van der Waals surface area contributed by atoms with Crippen molar-refractivity contribution >= 4 is 0 Å². The molecule has 3 heteroatoms. The van der Waals surface area contributed by atoms with E-state index in [0.29, 0.717) is 6.04 Å². The van der Waals surface area contributed by atoms with Gasteiger partial charge in [-0.25, -0.2) is 4.39 Å². The predicted octanol–water partition coefficient (Wildman–Crippen LogP) is 2.57. The SMILES string of the molecule is C#CCN1CCC(N[C@@H](C)c2ccc(F)cc2)CC1. The molecule has 0 radical (unpaired) electrons. The topological polar surface area (TPSA) is 15.3 Å². The molecule has 2 nitrogen and oxygen atoms in total. The lowest BCUT2D eigenvalue weighted by molar-refractivity contribution is 0.211. The van der Waals surface area contributed by atoms with Gasteiger partial charge in [0.1, 0.15) is 5.82 Å². The second kappa shape index (κ2) is 6.70. The third kappa shape index (κ3) is 4.05. The molecule has 102 valence electrons. The Labute approximate surface area is 115 Å². The normalized spacial score (nSPS) is 19.0. The highest BCUT2D eigenvalue weighted by Gasteiger charge is 2.20. The molecule has 1 aliphatic heterocycles. The fourth-order valence-electron chi connectivity index (χ4n) is 2.59. The van der Waals surface area contributed by atoms with Gasteiger partial charge in [-0.05, 0) is 37.5 Å². The molecule has 1 N–H and O–H groups in total. The molecule has 1 heterocycles. The molecule has 0 aliphatic carbocycles. The highest BCUT2D eigenvalue weighted by molar-refractivity contribution is 5.19. The summed E-state index contributed by atoms with van der Waals surface area (Å²) in [7, 11) is 0. The van der Waals surface area contributed by atoms with Crippen molar-refractivity contribution in [2.24, 2.45) is 0 Å². The van der Waals surface area contributed by atoms with Crippen molar-refractivity contribution in [2.75, 3.05) is 19.6 Å². The van der Waals surface area contributed by atoms with Crippen LogP contribution in [0, 0.1) is 18.2 Å². The van der Waals surface area contributed by atoms with Gasteiger partial charge in [-0.15, -0.1) is 6.42 Å². The summed E-state index contributed by atoms with van der Waals surface area (Å²) in [6.45, 7) is 4.98. The molecule has 0 saturated carbocycles. The summed E-state index contributed by atoms with van der Waals surface area (Å²) in [4.78, 5) is 2.31. The first-order valence-electron chi connectivity index (χ1n) is 6.86. The molecule has 1 saturated heterocycles. The Hall–Kier alpha value is -1.37. The lowest BCUT2D eigenvalue weighted by Crippen LogP contribution is -2.43. The third-order valence-electron chi connectivity index (χ3n) is 3.76. The van der Waals surface area contributed by atoms with Gasteiger partial charge in [0.05, 0.1) is 6.54 Å². The van der Waals surface area contributed by atoms with Crippen LogP contribution < -0.4 is 5.32 Å². The maximum atomic E-state index is 12.9. The maximum Gasteiger partial charge on any atom is 0.123 e. The highest BCUT2D eigenvalue weighted by atomic mass is 19.1. The lowest BCUT2D eigenvalue weighted by Gasteiger charge is -2.33. The van der Waals surface area contributed by atoms with Crippen molar-refractivity contribution in [1.29, 1.82) is 0 Å². The number of terminal acetylenes is 1. The number of halogens is 1. The van der Waals surface area contributed by atoms with Crippen LogP contribution in [0.5, 0.6) is 0 Å². The van der Waals surface area contributed by atoms with Crippen LogP contribution in [-0.2, 0) is 0 Å². The van der Waals surface area contributed by atoms with Gasteiger partial charge >= 0.3 is 0 Å². The van der Waals surface area contributed by atoms with Gasteiger partial charge in [0, 0.05) is 25.2 Å². The van der Waals surface area contributed by atoms with E-state index < -0.39 is 0 Å². The number of hydrogen-bond acceptors (Lipinski definition) is 2. The summed E-state index contributed by atoms with van der Waals surface area (Å²) in [6.07, 6.45) is 7.56. The number of rotatable bonds is 4. The Kier molecular flexibility index (Phi) is 4.95. The summed E-state index contributed by atoms with van der Waals surface area (Å²) in [6, 6.07) is 7.51. The Morgan fingerprint density at radius 2 is 2.00 bits per heavy atom. The van der Waals surface area contributed by atoms with Crippen LogP contribution in [0.25, 0.3) is 0 Å². The average molecular weight is 260 g/mol. The van der Waals surface area contributed by atoms with Crippen LogP contribution in [-0.4, -0.2) is 30.6 Å². The number of benzene rings is 1. The van der Waals surface area contributed by atoms with Crippen molar-refractivity contribution in [3.63, 3.8) is 0 Å². The molecule has 0 unspecified atom stereocenters. The fourth-order valence-corrected chi connectivity index (χ4v) is 2.59. The smallest absolute Gasteiger partial charge is 0.123 e. The first-order valence-corrected chi connectivity index (χ1v) is 6.86. The minimum Gasteiger partial charge on any atom is -0.307 e. The number of likely N-dealkylation sites (tertiary alicyclic amines) is 1. The predicted molar refractivity (Wildman–Crippen MR) is 76.2 cm³/mol. The first-order chi connectivity index (χ1) is 9.19. The second-order valence-corrected chi connectivity index (χ2v) is 5.19. The molecule has 1 fully saturated rings. The van der Waals surface area contributed by atoms with Crippen LogP contribution in [0.2, 0.25) is 0 Å². The molecule has 0 spiro atoms. The molecule has 0 aromatic heterocycles. The van der Waals surface area contributed by atoms with Crippen molar-refractivity contribution < 1.29 is 4.39 Å². The van der Waals surface area contributed by atoms with Gasteiger partial charge in [-0.1, -0.05) is 18.1 Å². The van der Waals surface area contributed by atoms with Crippen molar-refractivity contribution in [1.82, 2.24) is 10.2 Å². The van der Waals surface area contributed by atoms with Gasteiger partial charge in [-0.3, -0.25) is 4.90 Å². The molecule has 1 aromatic carbocycles. The molecule has 0 amide bonds. The lowest BCUT2D eigenvalue weighted by atomic mass is 10.0. The molecule has 1 aromatic rings. The van der Waals surface area contributed by atoms with Gasteiger partial charge in [0.2, 0.25) is 0 Å². The molecular formula is C16H21FN2. The van der Waals surface area contributed by atoms with Crippen LogP contribution in [0.15, 0.2) is 24.3 Å². The zero-order chi connectivity index (χ0) is 13.7. The van der Waals surface area contributed by atoms with Crippen molar-refractivity contribution in [3.8, 4) is 12.3 Å². The van der Waals surface area contributed by atoms with Crippen LogP contribution in [0.1, 0.15) is 31.4 Å². The summed E-state index contributed by atoms with van der Waals surface area (Å²) in [5.74, 6) is 2.51. The van der Waals surface area contributed by atoms with E-state index in [0.717, 1.165) is 38.0 Å². The summed E-state index contributed by atoms with van der Waals surface area (Å²) in [5.41, 5.74) is 1.13. The van der Waals surface area contributed by atoms with Gasteiger partial charge in [0.15, 0.2) is 0 Å². The molecule has 0 bridgehead atoms. The van der Waals surface area contributed by atoms with E-state index in [1.807, 2.05) is 12.1 Å². The van der Waals surface area contributed by atoms with E-state index in [1.165, 1.54) is 12.1 Å². The number of piperidine rings is 1. The van der Waals surface area contributed by atoms with Crippen LogP contribution in [0.4, 0.5) is 4.39 Å². The second-order valence-electron chi connectivity index (χ2n) is 5.19. The number of nitrogens with one attached hydrogen (secondary N) is 1. The number of hydrogen-bond donors (Lipinski definition) is 1. The Balaban J connectivity index is 1.82. The van der Waals surface area contributed by atoms with Crippen molar-refractivity contribution in [2.45, 2.75) is 31.8 Å². The van der Waals surface area contributed by atoms with Crippen molar-refractivity contribution in [3.05, 3.63) is 35.6 Å². The van der Waals surface area contributed by atoms with Crippen LogP contribution >= 0.6 is 0 Å². The van der Waals surface area contributed by atoms with Gasteiger partial charge in [-0.2, -0.15) is 0 Å². The Bertz CT molecular complexity index is 427. The largest absolute Gasteiger partial charge is 0.307 e. The van der Waals surface area contributed by atoms with E-state index in [9.17, 15) is 4.39 Å². The quantitative estimate of drug-likeness (QED) is 0.837. The monoisotopic (exact) mass is 260 g/mol. The average Bonchev–Trinajstić information content (AvgIpc) is 2.42. The zero-order valence-electron chi connectivity index (χ0n) is 11.4. The van der Waals surface area contributed by atoms with E-state index in [-0.39, 0.29) is 11.9 Å². The van der Waals surface area contributed by atoms with Gasteiger partial charge < -0.3 is 5.32 Å². The van der Waals surface area contributed by atoms with E-state index in [1.54, 1.807) is 0 Å².